The van der Waals surface area contributed by atoms with Crippen molar-refractivity contribution in [3.63, 3.8) is 0 Å². The monoisotopic (exact) mass is 716 g/mol. The van der Waals surface area contributed by atoms with E-state index in [0.717, 1.165) is 18.4 Å². The van der Waals surface area contributed by atoms with Gasteiger partial charge in [0.15, 0.2) is 0 Å². The molecule has 0 aromatic carbocycles. The van der Waals surface area contributed by atoms with E-state index in [1.165, 1.54) is 18.6 Å². The second-order valence-corrected chi connectivity index (χ2v) is 12.5. The summed E-state index contributed by atoms with van der Waals surface area (Å²) in [5.41, 5.74) is 1.04. The highest BCUT2D eigenvalue weighted by Crippen LogP contribution is 2.33. The summed E-state index contributed by atoms with van der Waals surface area (Å²) in [6, 6.07) is -0.887. The molecule has 7 N–H and O–H groups in total. The van der Waals surface area contributed by atoms with Gasteiger partial charge in [-0.2, -0.15) is 0 Å². The highest BCUT2D eigenvalue weighted by atomic mass is 31.2. The Bertz CT molecular complexity index is 1200. The van der Waals surface area contributed by atoms with Gasteiger partial charge in [0.2, 0.25) is 5.91 Å². The molecule has 266 valence electrons. The molecule has 0 bridgehead atoms. The summed E-state index contributed by atoms with van der Waals surface area (Å²) < 4.78 is 26.1. The van der Waals surface area contributed by atoms with Gasteiger partial charge in [-0.15, -0.1) is 0 Å². The fourth-order valence-electron chi connectivity index (χ4n) is 4.80. The maximum absolute atomic E-state index is 13.7. The van der Waals surface area contributed by atoms with Crippen LogP contribution in [0.2, 0.25) is 0 Å². The van der Waals surface area contributed by atoms with Crippen molar-refractivity contribution in [2.45, 2.75) is 57.9 Å². The molecule has 0 spiro atoms. The van der Waals surface area contributed by atoms with Gasteiger partial charge in [-0.25, -0.2) is 9.78 Å². The highest BCUT2D eigenvalue weighted by molar-refractivity contribution is 7.40. The van der Waals surface area contributed by atoms with Gasteiger partial charge in [0.1, 0.15) is 18.3 Å². The van der Waals surface area contributed by atoms with Crippen LogP contribution in [-0.2, 0) is 27.9 Å². The number of amides is 3. The van der Waals surface area contributed by atoms with Crippen LogP contribution >= 0.6 is 17.2 Å². The summed E-state index contributed by atoms with van der Waals surface area (Å²) in [7, 11) is -6.68. The Morgan fingerprint density at radius 1 is 1.02 bits per heavy atom. The number of rotatable bonds is 17. The van der Waals surface area contributed by atoms with E-state index in [1.807, 2.05) is 36.2 Å². The zero-order chi connectivity index (χ0) is 34.9. The quantitative estimate of drug-likeness (QED) is 0.0664. The lowest BCUT2D eigenvalue weighted by Crippen LogP contribution is -2.57. The molecule has 1 aliphatic heterocycles. The first-order valence-electron chi connectivity index (χ1n) is 15.3. The molecule has 1 aliphatic carbocycles. The van der Waals surface area contributed by atoms with Crippen molar-refractivity contribution >= 4 is 42.2 Å². The molecule has 1 aromatic heterocycles. The maximum atomic E-state index is 13.7. The minimum absolute atomic E-state index is 0.0820. The van der Waals surface area contributed by atoms with Crippen molar-refractivity contribution < 1.29 is 57.1 Å². The minimum atomic E-state index is -2.96. The number of alkyl carbamates (subject to hydrolysis) is 1. The van der Waals surface area contributed by atoms with E-state index in [-0.39, 0.29) is 37.3 Å². The first-order chi connectivity index (χ1) is 23.0. The normalized spacial score (nSPS) is 17.1. The predicted molar refractivity (Wildman–Crippen MR) is 173 cm³/mol. The number of hydrogen-bond donors (Lipinski definition) is 7. The fourth-order valence-corrected chi connectivity index (χ4v) is 5.40. The first kappa shape index (κ1) is 39.8. The molecule has 0 unspecified atom stereocenters. The number of ether oxygens (including phenoxy) is 1. The van der Waals surface area contributed by atoms with Crippen LogP contribution in [0.3, 0.4) is 0 Å². The summed E-state index contributed by atoms with van der Waals surface area (Å²) in [5, 5.41) is 7.86. The van der Waals surface area contributed by atoms with E-state index >= 15 is 0 Å². The van der Waals surface area contributed by atoms with Crippen molar-refractivity contribution in [2.75, 3.05) is 39.5 Å². The van der Waals surface area contributed by atoms with Crippen LogP contribution < -0.4 is 16.0 Å². The van der Waals surface area contributed by atoms with Crippen molar-refractivity contribution in [1.29, 1.82) is 0 Å². The van der Waals surface area contributed by atoms with Crippen molar-refractivity contribution in [3.8, 4) is 0 Å². The Labute approximate surface area is 281 Å². The van der Waals surface area contributed by atoms with Gasteiger partial charge in [-0.1, -0.05) is 32.1 Å². The minimum Gasteiger partial charge on any atom is -0.448 e. The van der Waals surface area contributed by atoms with Crippen molar-refractivity contribution in [1.82, 2.24) is 30.8 Å². The van der Waals surface area contributed by atoms with E-state index in [0.29, 0.717) is 32.5 Å². The molecule has 21 heteroatoms. The summed E-state index contributed by atoms with van der Waals surface area (Å²) in [5.74, 6) is -1.23. The number of carbonyl (C=O) groups is 3. The van der Waals surface area contributed by atoms with Gasteiger partial charge < -0.3 is 44.3 Å². The van der Waals surface area contributed by atoms with Crippen LogP contribution in [0, 0.1) is 5.92 Å². The molecule has 3 rings (SSSR count). The SMILES string of the molecule is CC(C)C[C@H](NC(=O)[C@H](CC1=CCCC=C1)NC(=O)c1cnccn1)B1OCCN(CCOC(=O)NC(OP(O)O)OP(O)O)CCO1. The Morgan fingerprint density at radius 2 is 1.73 bits per heavy atom. The Kier molecular flexibility index (Phi) is 17.8. The second kappa shape index (κ2) is 21.4. The average molecular weight is 716 g/mol. The van der Waals surface area contributed by atoms with Crippen molar-refractivity contribution in [2.24, 2.45) is 5.92 Å². The fraction of sp³-hybridized carbons (Fsp3) is 0.593. The number of aromatic nitrogens is 2. The van der Waals surface area contributed by atoms with E-state index in [4.69, 9.17) is 33.6 Å². The first-order valence-corrected chi connectivity index (χ1v) is 17.6. The molecule has 18 nitrogen and oxygen atoms in total. The Balaban J connectivity index is 1.54. The van der Waals surface area contributed by atoms with E-state index < -0.39 is 54.7 Å². The summed E-state index contributed by atoms with van der Waals surface area (Å²) in [6.07, 6.45) is 9.96. The van der Waals surface area contributed by atoms with Crippen molar-refractivity contribution in [3.05, 3.63) is 48.1 Å². The lowest BCUT2D eigenvalue weighted by atomic mass is 9.73. The number of nitrogens with one attached hydrogen (secondary N) is 3. The van der Waals surface area contributed by atoms with Crippen LogP contribution in [-0.4, -0.2) is 117 Å². The van der Waals surface area contributed by atoms with Gasteiger partial charge in [-0.05, 0) is 30.8 Å². The molecule has 1 saturated heterocycles. The number of hydrogen-bond acceptors (Lipinski definition) is 15. The van der Waals surface area contributed by atoms with Gasteiger partial charge in [0, 0.05) is 51.7 Å². The lowest BCUT2D eigenvalue weighted by Gasteiger charge is -2.32. The van der Waals surface area contributed by atoms with Crippen LogP contribution in [0.4, 0.5) is 4.79 Å². The molecule has 0 radical (unpaired) electrons. The molecule has 1 aromatic rings. The van der Waals surface area contributed by atoms with Crippen LogP contribution in [0.1, 0.15) is 50.0 Å². The molecular formula is C27H43BN6O12P2. The summed E-state index contributed by atoms with van der Waals surface area (Å²) in [4.78, 5) is 84.4. The maximum Gasteiger partial charge on any atom is 0.480 e. The molecule has 3 amide bonds. The van der Waals surface area contributed by atoms with Crippen LogP contribution in [0.5, 0.6) is 0 Å². The molecule has 1 fully saturated rings. The third kappa shape index (κ3) is 15.3. The molecule has 2 aliphatic rings. The van der Waals surface area contributed by atoms with Gasteiger partial charge >= 0.3 is 30.4 Å². The largest absolute Gasteiger partial charge is 0.480 e. The topological polar surface area (TPSA) is 243 Å². The molecular weight excluding hydrogens is 673 g/mol. The predicted octanol–water partition coefficient (Wildman–Crippen LogP) is 0.615. The third-order valence-electron chi connectivity index (χ3n) is 6.95. The third-order valence-corrected chi connectivity index (χ3v) is 7.71. The number of allylic oxidation sites excluding steroid dienone is 3. The van der Waals surface area contributed by atoms with E-state index in [9.17, 15) is 14.4 Å². The standard InChI is InChI=1S/C27H43BN6O12P2/c1-19(2)16-23(32-24(35)21(17-20-6-4-3-5-7-20)31-25(36)22-18-29-8-9-30-22)28-43-14-11-34(12-15-44-28)10-13-42-26(37)33-27(45-47(38)39)46-48(40)41/h4,6-9,18-19,21,23,27,38-41H,3,5,10-17H2,1-2H3,(H,31,36)(H,32,35)(H,33,37)/t21-,23-/m0/s1. The molecule has 2 atom stereocenters. The van der Waals surface area contributed by atoms with Crippen LogP contribution in [0.15, 0.2) is 42.4 Å². The molecule has 48 heavy (non-hydrogen) atoms. The summed E-state index contributed by atoms with van der Waals surface area (Å²) >= 11 is 0. The average Bonchev–Trinajstić information content (AvgIpc) is 3.01. The van der Waals surface area contributed by atoms with Gasteiger partial charge in [0.05, 0.1) is 12.1 Å². The lowest BCUT2D eigenvalue weighted by molar-refractivity contribution is -0.123. The smallest absolute Gasteiger partial charge is 0.448 e. The zero-order valence-corrected chi connectivity index (χ0v) is 28.5. The van der Waals surface area contributed by atoms with Gasteiger partial charge in [0.25, 0.3) is 12.3 Å². The molecule has 0 saturated carbocycles. The van der Waals surface area contributed by atoms with E-state index in [1.54, 1.807) is 0 Å². The zero-order valence-electron chi connectivity index (χ0n) is 26.7. The number of nitrogens with zero attached hydrogens (tertiary/aromatic N) is 3. The van der Waals surface area contributed by atoms with E-state index in [2.05, 4.69) is 35.7 Å². The summed E-state index contributed by atoms with van der Waals surface area (Å²) in [6.45, 7) is 5.64. The van der Waals surface area contributed by atoms with Crippen LogP contribution in [0.25, 0.3) is 0 Å². The molecule has 2 heterocycles. The Morgan fingerprint density at radius 3 is 2.31 bits per heavy atom. The highest BCUT2D eigenvalue weighted by Gasteiger charge is 2.36. The number of carbonyl (C=O) groups excluding carboxylic acids is 3. The van der Waals surface area contributed by atoms with Gasteiger partial charge in [-0.3, -0.25) is 33.8 Å². The second-order valence-electron chi connectivity index (χ2n) is 11.1. The Hall–Kier alpha value is -2.67.